The minimum atomic E-state index is -0.0577. The topological polar surface area (TPSA) is 12.0 Å². The Morgan fingerprint density at radius 2 is 1.84 bits per heavy atom. The molecule has 2 aliphatic rings. The summed E-state index contributed by atoms with van der Waals surface area (Å²) in [4.78, 5) is 0. The van der Waals surface area contributed by atoms with Crippen LogP contribution < -0.4 is 5.32 Å². The number of benzene rings is 2. The second-order valence-corrected chi connectivity index (χ2v) is 5.54. The van der Waals surface area contributed by atoms with E-state index in [2.05, 4.69) is 60.4 Å². The molecule has 0 unspecified atom stereocenters. The number of hydrogen-bond acceptors (Lipinski definition) is 1. The van der Waals surface area contributed by atoms with Crippen LogP contribution in [-0.4, -0.2) is 0 Å². The average Bonchev–Trinajstić information content (AvgIpc) is 2.71. The summed E-state index contributed by atoms with van der Waals surface area (Å²) < 4.78 is 0. The maximum atomic E-state index is 3.97. The van der Waals surface area contributed by atoms with Gasteiger partial charge < -0.3 is 0 Å². The average molecular weight is 247 g/mol. The van der Waals surface area contributed by atoms with E-state index >= 15 is 0 Å². The van der Waals surface area contributed by atoms with Gasteiger partial charge in [0.2, 0.25) is 0 Å². The van der Waals surface area contributed by atoms with E-state index in [1.807, 2.05) is 6.08 Å². The largest absolute Gasteiger partial charge is 0.296 e. The normalized spacial score (nSPS) is 26.6. The molecule has 2 aromatic carbocycles. The van der Waals surface area contributed by atoms with Crippen molar-refractivity contribution in [2.75, 3.05) is 0 Å². The van der Waals surface area contributed by atoms with Gasteiger partial charge in [0.25, 0.3) is 0 Å². The van der Waals surface area contributed by atoms with Crippen molar-refractivity contribution in [2.24, 2.45) is 0 Å². The summed E-state index contributed by atoms with van der Waals surface area (Å²) in [7, 11) is 0. The third-order valence-corrected chi connectivity index (χ3v) is 4.57. The summed E-state index contributed by atoms with van der Waals surface area (Å²) in [5.41, 5.74) is 5.74. The predicted octanol–water partition coefficient (Wildman–Crippen LogP) is 3.71. The molecule has 0 aromatic heterocycles. The van der Waals surface area contributed by atoms with E-state index in [1.165, 1.54) is 22.3 Å². The number of nitrogens with one attached hydrogen (secondary N) is 1. The zero-order chi connectivity index (χ0) is 12.9. The van der Waals surface area contributed by atoms with Crippen LogP contribution in [0.3, 0.4) is 0 Å². The zero-order valence-corrected chi connectivity index (χ0v) is 10.9. The third kappa shape index (κ3) is 1.34. The van der Waals surface area contributed by atoms with Crippen LogP contribution in [0, 0.1) is 0 Å². The van der Waals surface area contributed by atoms with Gasteiger partial charge in [-0.1, -0.05) is 54.6 Å². The summed E-state index contributed by atoms with van der Waals surface area (Å²) in [5.74, 6) is 0. The number of hydrogen-bond donors (Lipinski definition) is 1. The first-order chi connectivity index (χ1) is 9.35. The Morgan fingerprint density at radius 1 is 1.11 bits per heavy atom. The van der Waals surface area contributed by atoms with Gasteiger partial charge in [-0.3, -0.25) is 5.32 Å². The molecular formula is C18H17N. The molecule has 0 aliphatic carbocycles. The van der Waals surface area contributed by atoms with Crippen molar-refractivity contribution in [3.05, 3.63) is 83.4 Å². The van der Waals surface area contributed by atoms with Crippen LogP contribution in [0.15, 0.2) is 61.2 Å². The summed E-state index contributed by atoms with van der Waals surface area (Å²) in [6.45, 7) is 3.97. The first kappa shape index (κ1) is 11.0. The van der Waals surface area contributed by atoms with Crippen LogP contribution in [0.25, 0.3) is 0 Å². The van der Waals surface area contributed by atoms with Gasteiger partial charge in [-0.05, 0) is 35.1 Å². The van der Waals surface area contributed by atoms with Crippen molar-refractivity contribution >= 4 is 0 Å². The fourth-order valence-electron chi connectivity index (χ4n) is 3.86. The Morgan fingerprint density at radius 3 is 2.68 bits per heavy atom. The lowest BCUT2D eigenvalue weighted by molar-refractivity contribution is 0.363. The quantitative estimate of drug-likeness (QED) is 0.798. The first-order valence-electron chi connectivity index (χ1n) is 6.91. The summed E-state index contributed by atoms with van der Waals surface area (Å²) in [6, 6.07) is 18.1. The molecule has 0 fully saturated rings. The maximum Gasteiger partial charge on any atom is 0.0736 e. The lowest BCUT2D eigenvalue weighted by Gasteiger charge is -2.37. The van der Waals surface area contributed by atoms with Crippen LogP contribution in [0.4, 0.5) is 0 Å². The highest BCUT2D eigenvalue weighted by Gasteiger charge is 2.47. The van der Waals surface area contributed by atoms with Gasteiger partial charge in [-0.15, -0.1) is 6.58 Å². The minimum absolute atomic E-state index is 0.0577. The molecule has 0 radical (unpaired) electrons. The lowest BCUT2D eigenvalue weighted by atomic mass is 9.78. The van der Waals surface area contributed by atoms with E-state index in [1.54, 1.807) is 0 Å². The molecule has 0 amide bonds. The maximum absolute atomic E-state index is 3.97. The number of rotatable bonds is 2. The fourth-order valence-corrected chi connectivity index (χ4v) is 3.86. The molecule has 0 saturated heterocycles. The Hall–Kier alpha value is -1.86. The molecule has 1 N–H and O–H groups in total. The van der Waals surface area contributed by atoms with Gasteiger partial charge in [0, 0.05) is 6.04 Å². The van der Waals surface area contributed by atoms with E-state index < -0.39 is 0 Å². The lowest BCUT2D eigenvalue weighted by Crippen LogP contribution is -2.43. The van der Waals surface area contributed by atoms with Gasteiger partial charge in [0.15, 0.2) is 0 Å². The van der Waals surface area contributed by atoms with Crippen LogP contribution in [0.2, 0.25) is 0 Å². The highest BCUT2D eigenvalue weighted by Crippen LogP contribution is 2.50. The Labute approximate surface area is 114 Å². The van der Waals surface area contributed by atoms with E-state index in [0.717, 1.165) is 12.8 Å². The van der Waals surface area contributed by atoms with Crippen molar-refractivity contribution in [2.45, 2.75) is 24.4 Å². The molecule has 2 bridgehead atoms. The van der Waals surface area contributed by atoms with Crippen LogP contribution in [0.1, 0.15) is 34.7 Å². The van der Waals surface area contributed by atoms with Crippen molar-refractivity contribution in [3.8, 4) is 0 Å². The highest BCUT2D eigenvalue weighted by atomic mass is 15.1. The minimum Gasteiger partial charge on any atom is -0.296 e. The Bertz CT molecular complexity index is 645. The second kappa shape index (κ2) is 3.82. The molecule has 1 nitrogen and oxygen atoms in total. The molecule has 19 heavy (non-hydrogen) atoms. The van der Waals surface area contributed by atoms with Crippen LogP contribution in [0.5, 0.6) is 0 Å². The van der Waals surface area contributed by atoms with Crippen LogP contribution in [-0.2, 0) is 12.0 Å². The van der Waals surface area contributed by atoms with E-state index in [4.69, 9.17) is 0 Å². The van der Waals surface area contributed by atoms with Gasteiger partial charge in [-0.2, -0.15) is 0 Å². The van der Waals surface area contributed by atoms with Gasteiger partial charge in [-0.25, -0.2) is 0 Å². The van der Waals surface area contributed by atoms with E-state index in [9.17, 15) is 0 Å². The highest BCUT2D eigenvalue weighted by molar-refractivity contribution is 5.55. The Kier molecular flexibility index (Phi) is 2.21. The molecule has 1 heteroatoms. The fraction of sp³-hybridized carbons (Fsp3) is 0.222. The monoisotopic (exact) mass is 247 g/mol. The molecule has 0 spiro atoms. The summed E-state index contributed by atoms with van der Waals surface area (Å²) >= 11 is 0. The van der Waals surface area contributed by atoms with Gasteiger partial charge in [0.05, 0.1) is 5.54 Å². The molecular weight excluding hydrogens is 230 g/mol. The smallest absolute Gasteiger partial charge is 0.0736 e. The SMILES string of the molecule is C=CC[C@@]12N[C@@H](Cc3ccccc31)c1ccccc12. The van der Waals surface area contributed by atoms with Crippen molar-refractivity contribution in [1.29, 1.82) is 0 Å². The predicted molar refractivity (Wildman–Crippen MR) is 78.1 cm³/mol. The molecule has 0 saturated carbocycles. The third-order valence-electron chi connectivity index (χ3n) is 4.57. The van der Waals surface area contributed by atoms with Crippen LogP contribution >= 0.6 is 0 Å². The van der Waals surface area contributed by atoms with E-state index in [-0.39, 0.29) is 5.54 Å². The van der Waals surface area contributed by atoms with Crippen molar-refractivity contribution in [3.63, 3.8) is 0 Å². The second-order valence-electron chi connectivity index (χ2n) is 5.54. The Balaban J connectivity index is 2.04. The molecule has 2 heterocycles. The molecule has 2 aliphatic heterocycles. The molecule has 4 rings (SSSR count). The first-order valence-corrected chi connectivity index (χ1v) is 6.91. The number of fused-ring (bicyclic) bond motifs is 7. The summed E-state index contributed by atoms with van der Waals surface area (Å²) in [5, 5.41) is 3.86. The van der Waals surface area contributed by atoms with Crippen molar-refractivity contribution < 1.29 is 0 Å². The zero-order valence-electron chi connectivity index (χ0n) is 10.9. The summed E-state index contributed by atoms with van der Waals surface area (Å²) in [6.07, 6.45) is 4.07. The molecule has 2 aromatic rings. The molecule has 2 atom stereocenters. The van der Waals surface area contributed by atoms with Crippen molar-refractivity contribution in [1.82, 2.24) is 5.32 Å². The standard InChI is InChI=1S/C18H17N/c1-2-11-18-15-9-5-3-7-13(15)12-17(19-18)14-8-4-6-10-16(14)18/h2-10,17,19H,1,11-12H2/t17-,18+/m0/s1. The molecule has 94 valence electrons. The van der Waals surface area contributed by atoms with E-state index in [0.29, 0.717) is 6.04 Å². The van der Waals surface area contributed by atoms with Gasteiger partial charge >= 0.3 is 0 Å². The van der Waals surface area contributed by atoms with Gasteiger partial charge in [0.1, 0.15) is 0 Å².